The molecule has 0 aliphatic carbocycles. The van der Waals surface area contributed by atoms with E-state index in [1.54, 1.807) is 24.5 Å². The van der Waals surface area contributed by atoms with Crippen molar-refractivity contribution in [3.8, 4) is 0 Å². The van der Waals surface area contributed by atoms with Gasteiger partial charge in [-0.3, -0.25) is 4.79 Å². The second kappa shape index (κ2) is 3.46. The van der Waals surface area contributed by atoms with Crippen LogP contribution in [0.25, 0.3) is 0 Å². The third-order valence-corrected chi connectivity index (χ3v) is 1.42. The van der Waals surface area contributed by atoms with Gasteiger partial charge in [0.05, 0.1) is 0 Å². The molecule has 0 aromatic carbocycles. The van der Waals surface area contributed by atoms with Gasteiger partial charge in [0, 0.05) is 36.8 Å². The molecular weight excluding hydrogens is 146 g/mol. The minimum atomic E-state index is 0.0513. The molecule has 2 nitrogen and oxygen atoms in total. The van der Waals surface area contributed by atoms with Gasteiger partial charge in [0.25, 0.3) is 0 Å². The zero-order chi connectivity index (χ0) is 7.40. The van der Waals surface area contributed by atoms with Gasteiger partial charge >= 0.3 is 0 Å². The van der Waals surface area contributed by atoms with Crippen LogP contribution in [0.5, 0.6) is 0 Å². The standard InChI is InChI=1S/C7H9NOS/c9-7-1-3-8(4-2-7)5-6-10/h1-4,10H,5-6H2. The molecule has 1 heterocycles. The second-order valence-corrected chi connectivity index (χ2v) is 2.44. The van der Waals surface area contributed by atoms with E-state index in [0.717, 1.165) is 12.3 Å². The molecule has 3 heteroatoms. The van der Waals surface area contributed by atoms with Crippen molar-refractivity contribution in [2.24, 2.45) is 0 Å². The highest BCUT2D eigenvalue weighted by Gasteiger charge is 1.84. The summed E-state index contributed by atoms with van der Waals surface area (Å²) < 4.78 is 1.92. The van der Waals surface area contributed by atoms with Crippen LogP contribution in [0, 0.1) is 0 Å². The lowest BCUT2D eigenvalue weighted by Crippen LogP contribution is -2.04. The summed E-state index contributed by atoms with van der Waals surface area (Å²) in [4.78, 5) is 10.6. The Hall–Kier alpha value is -0.700. The molecule has 1 aromatic rings. The smallest absolute Gasteiger partial charge is 0.181 e. The summed E-state index contributed by atoms with van der Waals surface area (Å²) in [6.07, 6.45) is 3.52. The average molecular weight is 155 g/mol. The molecule has 0 N–H and O–H groups in total. The number of rotatable bonds is 2. The second-order valence-electron chi connectivity index (χ2n) is 2.00. The van der Waals surface area contributed by atoms with Crippen molar-refractivity contribution < 1.29 is 0 Å². The highest BCUT2D eigenvalue weighted by molar-refractivity contribution is 7.80. The first-order valence-electron chi connectivity index (χ1n) is 3.10. The molecule has 0 saturated heterocycles. The molecular formula is C7H9NOS. The molecule has 0 spiro atoms. The molecule has 0 unspecified atom stereocenters. The minimum absolute atomic E-state index is 0.0513. The van der Waals surface area contributed by atoms with E-state index >= 15 is 0 Å². The van der Waals surface area contributed by atoms with Crippen molar-refractivity contribution in [1.82, 2.24) is 4.57 Å². The lowest BCUT2D eigenvalue weighted by molar-refractivity contribution is 0.764. The van der Waals surface area contributed by atoms with Gasteiger partial charge in [-0.1, -0.05) is 0 Å². The van der Waals surface area contributed by atoms with E-state index in [1.165, 1.54) is 0 Å². The fourth-order valence-electron chi connectivity index (χ4n) is 0.708. The Morgan fingerprint density at radius 3 is 2.50 bits per heavy atom. The highest BCUT2D eigenvalue weighted by atomic mass is 32.1. The molecule has 0 bridgehead atoms. The SMILES string of the molecule is O=c1ccn(CCS)cc1. The molecule has 1 aromatic heterocycles. The van der Waals surface area contributed by atoms with Gasteiger partial charge in [0.15, 0.2) is 5.43 Å². The summed E-state index contributed by atoms with van der Waals surface area (Å²) >= 11 is 4.06. The van der Waals surface area contributed by atoms with E-state index < -0.39 is 0 Å². The average Bonchev–Trinajstić information content (AvgIpc) is 1.95. The Bertz CT molecular complexity index is 236. The van der Waals surface area contributed by atoms with Gasteiger partial charge in [0.2, 0.25) is 0 Å². The third-order valence-electron chi connectivity index (χ3n) is 1.22. The van der Waals surface area contributed by atoms with Gasteiger partial charge < -0.3 is 4.57 Å². The minimum Gasteiger partial charge on any atom is -0.353 e. The topological polar surface area (TPSA) is 22.0 Å². The molecule has 0 aliphatic rings. The van der Waals surface area contributed by atoms with Crippen LogP contribution in [-0.2, 0) is 6.54 Å². The van der Waals surface area contributed by atoms with Gasteiger partial charge in [0.1, 0.15) is 0 Å². The summed E-state index contributed by atoms with van der Waals surface area (Å²) in [6.45, 7) is 0.851. The molecule has 0 aliphatic heterocycles. The summed E-state index contributed by atoms with van der Waals surface area (Å²) in [7, 11) is 0. The Labute approximate surface area is 64.9 Å². The molecule has 0 atom stereocenters. The van der Waals surface area contributed by atoms with Crippen LogP contribution in [0.3, 0.4) is 0 Å². The molecule has 0 saturated carbocycles. The fraction of sp³-hybridized carbons (Fsp3) is 0.286. The van der Waals surface area contributed by atoms with Gasteiger partial charge in [-0.15, -0.1) is 0 Å². The fourth-order valence-corrected chi connectivity index (χ4v) is 0.939. The number of aromatic nitrogens is 1. The maximum atomic E-state index is 10.6. The number of hydrogen-bond donors (Lipinski definition) is 1. The van der Waals surface area contributed by atoms with Gasteiger partial charge in [-0.05, 0) is 0 Å². The molecule has 0 radical (unpaired) electrons. The molecule has 0 fully saturated rings. The van der Waals surface area contributed by atoms with Crippen molar-refractivity contribution >= 4 is 12.6 Å². The zero-order valence-corrected chi connectivity index (χ0v) is 6.42. The summed E-state index contributed by atoms with van der Waals surface area (Å²) in [5.41, 5.74) is 0.0513. The van der Waals surface area contributed by atoms with E-state index in [-0.39, 0.29) is 5.43 Å². The Kier molecular flexibility index (Phi) is 2.57. The summed E-state index contributed by atoms with van der Waals surface area (Å²) in [6, 6.07) is 3.09. The van der Waals surface area contributed by atoms with Crippen molar-refractivity contribution in [1.29, 1.82) is 0 Å². The van der Waals surface area contributed by atoms with Gasteiger partial charge in [-0.2, -0.15) is 12.6 Å². The number of aryl methyl sites for hydroxylation is 1. The lowest BCUT2D eigenvalue weighted by Gasteiger charge is -2.00. The molecule has 1 rings (SSSR count). The summed E-state index contributed by atoms with van der Waals surface area (Å²) in [5, 5.41) is 0. The van der Waals surface area contributed by atoms with E-state index in [1.807, 2.05) is 4.57 Å². The van der Waals surface area contributed by atoms with E-state index in [0.29, 0.717) is 0 Å². The van der Waals surface area contributed by atoms with E-state index in [2.05, 4.69) is 12.6 Å². The lowest BCUT2D eigenvalue weighted by atomic mass is 10.5. The number of hydrogen-bond acceptors (Lipinski definition) is 2. The van der Waals surface area contributed by atoms with Crippen LogP contribution in [0.4, 0.5) is 0 Å². The largest absolute Gasteiger partial charge is 0.353 e. The first-order valence-corrected chi connectivity index (χ1v) is 3.73. The summed E-state index contributed by atoms with van der Waals surface area (Å²) in [5.74, 6) is 0.795. The predicted octanol–water partition coefficient (Wildman–Crippen LogP) is 0.778. The molecule has 0 amide bonds. The number of thiol groups is 1. The van der Waals surface area contributed by atoms with Crippen LogP contribution in [-0.4, -0.2) is 10.3 Å². The number of pyridine rings is 1. The van der Waals surface area contributed by atoms with Crippen molar-refractivity contribution in [2.45, 2.75) is 6.54 Å². The number of nitrogens with zero attached hydrogens (tertiary/aromatic N) is 1. The third kappa shape index (κ3) is 1.92. The Morgan fingerprint density at radius 2 is 2.00 bits per heavy atom. The monoisotopic (exact) mass is 155 g/mol. The van der Waals surface area contributed by atoms with Gasteiger partial charge in [-0.25, -0.2) is 0 Å². The van der Waals surface area contributed by atoms with E-state index in [9.17, 15) is 4.79 Å². The quantitative estimate of drug-likeness (QED) is 0.626. The first-order chi connectivity index (χ1) is 4.83. The Morgan fingerprint density at radius 1 is 1.40 bits per heavy atom. The van der Waals surface area contributed by atoms with Crippen molar-refractivity contribution in [3.05, 3.63) is 34.7 Å². The van der Waals surface area contributed by atoms with Crippen LogP contribution >= 0.6 is 12.6 Å². The van der Waals surface area contributed by atoms with E-state index in [4.69, 9.17) is 0 Å². The molecule has 54 valence electrons. The van der Waals surface area contributed by atoms with Crippen molar-refractivity contribution in [2.75, 3.05) is 5.75 Å². The normalized spacial score (nSPS) is 9.70. The zero-order valence-electron chi connectivity index (χ0n) is 5.53. The molecule has 10 heavy (non-hydrogen) atoms. The Balaban J connectivity index is 2.79. The highest BCUT2D eigenvalue weighted by Crippen LogP contribution is 1.85. The maximum absolute atomic E-state index is 10.6. The predicted molar refractivity (Wildman–Crippen MR) is 44.6 cm³/mol. The van der Waals surface area contributed by atoms with Crippen LogP contribution in [0.2, 0.25) is 0 Å². The first kappa shape index (κ1) is 7.41. The van der Waals surface area contributed by atoms with Crippen LogP contribution in [0.15, 0.2) is 29.3 Å². The van der Waals surface area contributed by atoms with Crippen molar-refractivity contribution in [3.63, 3.8) is 0 Å². The van der Waals surface area contributed by atoms with Crippen LogP contribution < -0.4 is 5.43 Å². The van der Waals surface area contributed by atoms with Crippen LogP contribution in [0.1, 0.15) is 0 Å². The maximum Gasteiger partial charge on any atom is 0.181 e.